The monoisotopic (exact) mass is 193 g/mol. The van der Waals surface area contributed by atoms with Crippen molar-refractivity contribution in [1.29, 1.82) is 0 Å². The van der Waals surface area contributed by atoms with Crippen LogP contribution in [0.5, 0.6) is 5.88 Å². The average Bonchev–Trinajstić information content (AvgIpc) is 2.77. The van der Waals surface area contributed by atoms with Crippen LogP contribution in [0.4, 0.5) is 0 Å². The first kappa shape index (κ1) is 8.26. The van der Waals surface area contributed by atoms with E-state index < -0.39 is 0 Å². The molecule has 14 heavy (non-hydrogen) atoms. The topological polar surface area (TPSA) is 50.8 Å². The van der Waals surface area contributed by atoms with Crippen molar-refractivity contribution in [3.05, 3.63) is 6.20 Å². The van der Waals surface area contributed by atoms with Crippen LogP contribution in [0.2, 0.25) is 0 Å². The van der Waals surface area contributed by atoms with Gasteiger partial charge in [0.05, 0.1) is 6.20 Å². The third-order valence-electron chi connectivity index (χ3n) is 3.63. The van der Waals surface area contributed by atoms with Crippen molar-refractivity contribution in [3.8, 4) is 5.88 Å². The predicted octanol–water partition coefficient (Wildman–Crippen LogP) is 1.91. The molecule has 1 aromatic heterocycles. The second-order valence-electron chi connectivity index (χ2n) is 4.63. The van der Waals surface area contributed by atoms with Gasteiger partial charge in [0.1, 0.15) is 6.10 Å². The molecule has 1 heterocycles. The van der Waals surface area contributed by atoms with Crippen molar-refractivity contribution in [1.82, 2.24) is 15.4 Å². The minimum atomic E-state index is 0.367. The van der Waals surface area contributed by atoms with Gasteiger partial charge in [-0.25, -0.2) is 0 Å². The molecular weight excluding hydrogens is 178 g/mol. The zero-order chi connectivity index (χ0) is 9.43. The first-order valence-electron chi connectivity index (χ1n) is 5.40. The number of aromatic amines is 1. The molecule has 2 saturated carbocycles. The Bertz CT molecular complexity index is 295. The Morgan fingerprint density at radius 2 is 2.07 bits per heavy atom. The molecule has 2 aliphatic rings. The third kappa shape index (κ3) is 1.49. The van der Waals surface area contributed by atoms with Gasteiger partial charge in [-0.3, -0.25) is 5.10 Å². The molecule has 0 aromatic carbocycles. The first-order chi connectivity index (χ1) is 6.86. The van der Waals surface area contributed by atoms with Gasteiger partial charge < -0.3 is 4.74 Å². The van der Waals surface area contributed by atoms with Gasteiger partial charge in [0, 0.05) is 0 Å². The van der Waals surface area contributed by atoms with Gasteiger partial charge in [0.15, 0.2) is 0 Å². The molecule has 0 aliphatic heterocycles. The molecule has 0 amide bonds. The fraction of sp³-hybridized carbons (Fsp3) is 0.800. The van der Waals surface area contributed by atoms with Crippen molar-refractivity contribution in [2.75, 3.05) is 0 Å². The van der Waals surface area contributed by atoms with Crippen molar-refractivity contribution < 1.29 is 4.74 Å². The van der Waals surface area contributed by atoms with Crippen LogP contribution in [0.15, 0.2) is 6.20 Å². The number of aromatic nitrogens is 3. The summed E-state index contributed by atoms with van der Waals surface area (Å²) in [5, 5.41) is 10.1. The lowest BCUT2D eigenvalue weighted by Gasteiger charge is -2.27. The highest BCUT2D eigenvalue weighted by Gasteiger charge is 2.45. The molecule has 1 N–H and O–H groups in total. The van der Waals surface area contributed by atoms with Crippen molar-refractivity contribution in [2.24, 2.45) is 5.41 Å². The number of hydrogen-bond donors (Lipinski definition) is 1. The summed E-state index contributed by atoms with van der Waals surface area (Å²) in [6.45, 7) is 0. The van der Waals surface area contributed by atoms with E-state index in [1.54, 1.807) is 6.20 Å². The molecule has 76 valence electrons. The van der Waals surface area contributed by atoms with Gasteiger partial charge in [-0.05, 0) is 43.9 Å². The molecular formula is C10H15N3O. The Kier molecular flexibility index (Phi) is 1.75. The Hall–Kier alpha value is -1.06. The number of nitrogens with one attached hydrogen (secondary N) is 1. The third-order valence-corrected chi connectivity index (χ3v) is 3.63. The van der Waals surface area contributed by atoms with Crippen LogP contribution in [0, 0.1) is 5.41 Å². The molecule has 1 aromatic rings. The van der Waals surface area contributed by atoms with E-state index in [0.29, 0.717) is 12.0 Å². The first-order valence-corrected chi connectivity index (χ1v) is 5.40. The minimum Gasteiger partial charge on any atom is -0.472 e. The molecule has 2 aliphatic carbocycles. The van der Waals surface area contributed by atoms with Gasteiger partial charge in [0.25, 0.3) is 5.88 Å². The maximum Gasteiger partial charge on any atom is 0.253 e. The van der Waals surface area contributed by atoms with Gasteiger partial charge in [0.2, 0.25) is 0 Å². The summed E-state index contributed by atoms with van der Waals surface area (Å²) >= 11 is 0. The Morgan fingerprint density at radius 3 is 2.64 bits per heavy atom. The highest BCUT2D eigenvalue weighted by Crippen LogP contribution is 2.56. The van der Waals surface area contributed by atoms with Crippen LogP contribution < -0.4 is 4.74 Å². The van der Waals surface area contributed by atoms with Crippen LogP contribution in [0.1, 0.15) is 38.5 Å². The molecule has 4 heteroatoms. The maximum absolute atomic E-state index is 5.71. The van der Waals surface area contributed by atoms with Gasteiger partial charge in [-0.2, -0.15) is 0 Å². The van der Waals surface area contributed by atoms with Crippen molar-refractivity contribution >= 4 is 0 Å². The predicted molar refractivity (Wildman–Crippen MR) is 50.9 cm³/mol. The van der Waals surface area contributed by atoms with Gasteiger partial charge in [-0.15, -0.1) is 0 Å². The zero-order valence-corrected chi connectivity index (χ0v) is 8.20. The summed E-state index contributed by atoms with van der Waals surface area (Å²) in [6.07, 6.45) is 10.0. The van der Waals surface area contributed by atoms with Crippen molar-refractivity contribution in [3.63, 3.8) is 0 Å². The summed E-state index contributed by atoms with van der Waals surface area (Å²) < 4.78 is 5.71. The Morgan fingerprint density at radius 1 is 1.29 bits per heavy atom. The second kappa shape index (κ2) is 2.97. The number of rotatable bonds is 2. The van der Waals surface area contributed by atoms with E-state index in [-0.39, 0.29) is 0 Å². The van der Waals surface area contributed by atoms with Gasteiger partial charge >= 0.3 is 0 Å². The van der Waals surface area contributed by atoms with E-state index in [2.05, 4.69) is 15.4 Å². The summed E-state index contributed by atoms with van der Waals surface area (Å²) in [7, 11) is 0. The zero-order valence-electron chi connectivity index (χ0n) is 8.20. The molecule has 0 unspecified atom stereocenters. The molecule has 2 fully saturated rings. The molecule has 0 bridgehead atoms. The highest BCUT2D eigenvalue weighted by atomic mass is 16.5. The van der Waals surface area contributed by atoms with E-state index in [0.717, 1.165) is 5.41 Å². The van der Waals surface area contributed by atoms with Gasteiger partial charge in [-0.1, -0.05) is 10.3 Å². The van der Waals surface area contributed by atoms with Crippen LogP contribution in [0.3, 0.4) is 0 Å². The average molecular weight is 193 g/mol. The van der Waals surface area contributed by atoms with Crippen LogP contribution in [-0.4, -0.2) is 21.5 Å². The fourth-order valence-corrected chi connectivity index (χ4v) is 2.42. The summed E-state index contributed by atoms with van der Waals surface area (Å²) in [4.78, 5) is 0. The molecule has 4 nitrogen and oxygen atoms in total. The number of H-pyrrole nitrogens is 1. The molecule has 3 rings (SSSR count). The highest BCUT2D eigenvalue weighted by molar-refractivity contribution is 5.01. The molecule has 1 spiro atoms. The lowest BCUT2D eigenvalue weighted by atomic mass is 9.85. The SMILES string of the molecule is c1[nH]nnc1OC1CCC2(CC1)CC2. The summed E-state index contributed by atoms with van der Waals surface area (Å²) in [6, 6.07) is 0. The Balaban J connectivity index is 1.55. The fourth-order valence-electron chi connectivity index (χ4n) is 2.42. The van der Waals surface area contributed by atoms with E-state index in [1.165, 1.54) is 38.5 Å². The van der Waals surface area contributed by atoms with Crippen LogP contribution >= 0.6 is 0 Å². The van der Waals surface area contributed by atoms with Crippen LogP contribution in [-0.2, 0) is 0 Å². The van der Waals surface area contributed by atoms with Crippen molar-refractivity contribution in [2.45, 2.75) is 44.6 Å². The molecule has 0 saturated heterocycles. The van der Waals surface area contributed by atoms with E-state index >= 15 is 0 Å². The quantitative estimate of drug-likeness (QED) is 0.780. The van der Waals surface area contributed by atoms with E-state index in [9.17, 15) is 0 Å². The lowest BCUT2D eigenvalue weighted by molar-refractivity contribution is 0.119. The minimum absolute atomic E-state index is 0.367. The summed E-state index contributed by atoms with van der Waals surface area (Å²) in [5.41, 5.74) is 0.740. The maximum atomic E-state index is 5.71. The van der Waals surface area contributed by atoms with E-state index in [1.807, 2.05) is 0 Å². The normalized spacial score (nSPS) is 25.1. The Labute approximate surface area is 83.0 Å². The molecule has 0 atom stereocenters. The second-order valence-corrected chi connectivity index (χ2v) is 4.63. The van der Waals surface area contributed by atoms with Crippen LogP contribution in [0.25, 0.3) is 0 Å². The standard InChI is InChI=1S/C10H15N3O/c1-3-10(5-6-10)4-2-8(1)14-9-7-11-13-12-9/h7-8H,1-6H2,(H,11,12,13). The lowest BCUT2D eigenvalue weighted by Crippen LogP contribution is -2.24. The molecule has 0 radical (unpaired) electrons. The largest absolute Gasteiger partial charge is 0.472 e. The van der Waals surface area contributed by atoms with E-state index in [4.69, 9.17) is 4.74 Å². The smallest absolute Gasteiger partial charge is 0.253 e. The number of nitrogens with zero attached hydrogens (tertiary/aromatic N) is 2. The number of hydrogen-bond acceptors (Lipinski definition) is 3. The number of ether oxygens (including phenoxy) is 1. The summed E-state index contributed by atoms with van der Waals surface area (Å²) in [5.74, 6) is 0.641.